The summed E-state index contributed by atoms with van der Waals surface area (Å²) in [5.74, 6) is 0.148. The van der Waals surface area contributed by atoms with E-state index >= 15 is 0 Å². The van der Waals surface area contributed by atoms with E-state index < -0.39 is 28.9 Å². The van der Waals surface area contributed by atoms with E-state index in [-0.39, 0.29) is 48.0 Å². The molecule has 0 radical (unpaired) electrons. The van der Waals surface area contributed by atoms with E-state index in [0.717, 1.165) is 49.9 Å². The van der Waals surface area contributed by atoms with E-state index in [9.17, 15) is 18.0 Å². The minimum atomic E-state index is -4.81. The van der Waals surface area contributed by atoms with Crippen LogP contribution in [0.3, 0.4) is 0 Å². The lowest BCUT2D eigenvalue weighted by Crippen LogP contribution is -2.44. The Hall–Kier alpha value is -2.40. The van der Waals surface area contributed by atoms with Crippen molar-refractivity contribution >= 4 is 71.8 Å². The molecule has 1 aromatic carbocycles. The molecule has 1 N–H and O–H groups in total. The lowest BCUT2D eigenvalue weighted by Gasteiger charge is -2.29. The standard InChI is InChI=1S/C24H25F3N6O2S.3ClH/c1-23(2)21(34)32(17-13-19(24(25,26)27)20(14-28)30-15-17)22(36)33(23)16-3-5-18(6-4-16)35-12-11-31-9-7-29-8-10-31;;;/h3-6,13,15,29H,7-12H2,1-2H3;3*1H. The molecule has 0 bridgehead atoms. The van der Waals surface area contributed by atoms with E-state index in [1.807, 2.05) is 0 Å². The van der Waals surface area contributed by atoms with E-state index in [2.05, 4.69) is 15.2 Å². The number of rotatable bonds is 6. The molecule has 2 fully saturated rings. The summed E-state index contributed by atoms with van der Waals surface area (Å²) in [5.41, 5.74) is -2.73. The van der Waals surface area contributed by atoms with Gasteiger partial charge in [-0.2, -0.15) is 18.4 Å². The zero-order valence-corrected chi connectivity index (χ0v) is 24.3. The summed E-state index contributed by atoms with van der Waals surface area (Å²) in [7, 11) is 0. The summed E-state index contributed by atoms with van der Waals surface area (Å²) in [6.45, 7) is 8.52. The first kappa shape index (κ1) is 34.6. The van der Waals surface area contributed by atoms with Gasteiger partial charge in [-0.1, -0.05) is 0 Å². The number of nitrogens with one attached hydrogen (secondary N) is 1. The maximum atomic E-state index is 13.5. The lowest BCUT2D eigenvalue weighted by molar-refractivity contribution is -0.138. The third kappa shape index (κ3) is 7.22. The predicted molar refractivity (Wildman–Crippen MR) is 154 cm³/mol. The first-order chi connectivity index (χ1) is 17.0. The van der Waals surface area contributed by atoms with E-state index in [1.54, 1.807) is 43.0 Å². The Labute approximate surface area is 248 Å². The van der Waals surface area contributed by atoms with Gasteiger partial charge >= 0.3 is 6.18 Å². The second-order valence-corrected chi connectivity index (χ2v) is 9.32. The number of thiocarbonyl (C=S) groups is 1. The van der Waals surface area contributed by atoms with Crippen molar-refractivity contribution in [1.29, 1.82) is 5.26 Å². The SMILES string of the molecule is CC1(C)C(=O)N(c2cnc(C#N)c(C(F)(F)F)c2)C(=S)N1c1ccc(OCCN2CCNCC2)cc1.Cl.Cl.Cl. The zero-order valence-electron chi connectivity index (χ0n) is 21.0. The molecule has 0 atom stereocenters. The average Bonchev–Trinajstić information content (AvgIpc) is 3.02. The first-order valence-electron chi connectivity index (χ1n) is 11.4. The molecular formula is C24H28Cl3F3N6O2S. The van der Waals surface area contributed by atoms with Crippen molar-refractivity contribution in [3.8, 4) is 11.8 Å². The topological polar surface area (TPSA) is 84.7 Å². The molecule has 8 nitrogen and oxygen atoms in total. The Morgan fingerprint density at radius 2 is 1.74 bits per heavy atom. The molecule has 1 amide bonds. The van der Waals surface area contributed by atoms with Crippen molar-refractivity contribution in [1.82, 2.24) is 15.2 Å². The lowest BCUT2D eigenvalue weighted by atomic mass is 10.0. The van der Waals surface area contributed by atoms with Crippen LogP contribution in [-0.2, 0) is 11.0 Å². The van der Waals surface area contributed by atoms with Crippen LogP contribution in [0, 0.1) is 11.3 Å². The fourth-order valence-electron chi connectivity index (χ4n) is 4.26. The highest BCUT2D eigenvalue weighted by atomic mass is 35.5. The average molecular weight is 628 g/mol. The van der Waals surface area contributed by atoms with Crippen molar-refractivity contribution in [3.05, 3.63) is 47.8 Å². The molecule has 0 saturated carbocycles. The number of ether oxygens (including phenoxy) is 1. The number of carbonyl (C=O) groups is 1. The number of hydrogen-bond acceptors (Lipinski definition) is 7. The molecule has 2 aliphatic rings. The van der Waals surface area contributed by atoms with Crippen LogP contribution in [-0.4, -0.2) is 65.8 Å². The van der Waals surface area contributed by atoms with Gasteiger partial charge in [-0.05, 0) is 56.4 Å². The molecule has 2 saturated heterocycles. The minimum absolute atomic E-state index is 0. The molecule has 0 aliphatic carbocycles. The maximum Gasteiger partial charge on any atom is 0.419 e. The van der Waals surface area contributed by atoms with Gasteiger partial charge in [-0.3, -0.25) is 14.6 Å². The van der Waals surface area contributed by atoms with Crippen LogP contribution >= 0.6 is 49.4 Å². The van der Waals surface area contributed by atoms with Gasteiger partial charge in [0.2, 0.25) is 0 Å². The Kier molecular flexibility index (Phi) is 12.2. The molecule has 1 aromatic heterocycles. The van der Waals surface area contributed by atoms with Crippen LogP contribution in [0.25, 0.3) is 0 Å². The maximum absolute atomic E-state index is 13.5. The quantitative estimate of drug-likeness (QED) is 0.471. The third-order valence-electron chi connectivity index (χ3n) is 6.19. The molecule has 4 rings (SSSR count). The van der Waals surface area contributed by atoms with E-state index in [1.165, 1.54) is 6.07 Å². The number of piperazine rings is 1. The monoisotopic (exact) mass is 626 g/mol. The van der Waals surface area contributed by atoms with Gasteiger partial charge in [0.1, 0.15) is 24.0 Å². The molecule has 15 heteroatoms. The highest BCUT2D eigenvalue weighted by Gasteiger charge is 2.50. The number of aromatic nitrogens is 1. The number of anilines is 2. The van der Waals surface area contributed by atoms with Crippen molar-refractivity contribution < 1.29 is 22.7 Å². The van der Waals surface area contributed by atoms with Gasteiger partial charge in [0.05, 0.1) is 17.4 Å². The van der Waals surface area contributed by atoms with Gasteiger partial charge in [-0.25, -0.2) is 4.98 Å². The first-order valence-corrected chi connectivity index (χ1v) is 11.8. The van der Waals surface area contributed by atoms with Crippen LogP contribution < -0.4 is 19.9 Å². The van der Waals surface area contributed by atoms with Crippen molar-refractivity contribution in [2.75, 3.05) is 49.1 Å². The fraction of sp³-hybridized carbons (Fsp3) is 0.417. The summed E-state index contributed by atoms with van der Waals surface area (Å²) in [4.78, 5) is 21.8. The fourth-order valence-corrected chi connectivity index (χ4v) is 4.78. The molecular weight excluding hydrogens is 600 g/mol. The minimum Gasteiger partial charge on any atom is -0.492 e. The van der Waals surface area contributed by atoms with Crippen LogP contribution in [0.2, 0.25) is 0 Å². The van der Waals surface area contributed by atoms with Gasteiger partial charge in [0.15, 0.2) is 10.8 Å². The zero-order chi connectivity index (χ0) is 26.1. The molecule has 0 unspecified atom stereocenters. The number of hydrogen-bond donors (Lipinski definition) is 1. The number of carbonyl (C=O) groups excluding carboxylic acids is 1. The molecule has 2 aliphatic heterocycles. The number of pyridine rings is 1. The summed E-state index contributed by atoms with van der Waals surface area (Å²) in [6.07, 6.45) is -3.76. The van der Waals surface area contributed by atoms with Gasteiger partial charge in [-0.15, -0.1) is 37.2 Å². The normalized spacial score (nSPS) is 17.0. The van der Waals surface area contributed by atoms with Gasteiger partial charge < -0.3 is 15.0 Å². The highest BCUT2D eigenvalue weighted by molar-refractivity contribution is 7.81. The highest BCUT2D eigenvalue weighted by Crippen LogP contribution is 2.39. The summed E-state index contributed by atoms with van der Waals surface area (Å²) >= 11 is 5.54. The smallest absolute Gasteiger partial charge is 0.419 e. The molecule has 39 heavy (non-hydrogen) atoms. The molecule has 3 heterocycles. The number of alkyl halides is 3. The summed E-state index contributed by atoms with van der Waals surface area (Å²) in [6, 6.07) is 9.21. The number of amides is 1. The summed E-state index contributed by atoms with van der Waals surface area (Å²) < 4.78 is 46.3. The molecule has 214 valence electrons. The third-order valence-corrected chi connectivity index (χ3v) is 6.56. The Morgan fingerprint density at radius 3 is 2.31 bits per heavy atom. The van der Waals surface area contributed by atoms with Gasteiger partial charge in [0.25, 0.3) is 5.91 Å². The number of benzene rings is 1. The van der Waals surface area contributed by atoms with Crippen molar-refractivity contribution in [3.63, 3.8) is 0 Å². The largest absolute Gasteiger partial charge is 0.492 e. The number of halogens is 6. The molecule has 0 spiro atoms. The van der Waals surface area contributed by atoms with E-state index in [0.29, 0.717) is 18.0 Å². The number of nitriles is 1. The van der Waals surface area contributed by atoms with Crippen LogP contribution in [0.5, 0.6) is 5.75 Å². The van der Waals surface area contributed by atoms with E-state index in [4.69, 9.17) is 22.2 Å². The van der Waals surface area contributed by atoms with Crippen LogP contribution in [0.15, 0.2) is 36.5 Å². The Morgan fingerprint density at radius 1 is 1.13 bits per heavy atom. The Balaban J connectivity index is 0.00000253. The van der Waals surface area contributed by atoms with Gasteiger partial charge in [0, 0.05) is 38.4 Å². The Bertz CT molecular complexity index is 1210. The van der Waals surface area contributed by atoms with Crippen molar-refractivity contribution in [2.24, 2.45) is 0 Å². The van der Waals surface area contributed by atoms with Crippen LogP contribution in [0.1, 0.15) is 25.1 Å². The van der Waals surface area contributed by atoms with Crippen LogP contribution in [0.4, 0.5) is 24.5 Å². The van der Waals surface area contributed by atoms with Crippen molar-refractivity contribution in [2.45, 2.75) is 25.6 Å². The second-order valence-electron chi connectivity index (χ2n) is 8.95. The number of nitrogens with zero attached hydrogens (tertiary/aromatic N) is 5. The predicted octanol–water partition coefficient (Wildman–Crippen LogP) is 4.44. The second kappa shape index (κ2) is 13.8. The summed E-state index contributed by atoms with van der Waals surface area (Å²) in [5, 5.41) is 12.3. The molecule has 2 aromatic rings.